The van der Waals surface area contributed by atoms with Crippen LogP contribution in [0.25, 0.3) is 10.1 Å². The van der Waals surface area contributed by atoms with Gasteiger partial charge in [-0.1, -0.05) is 24.3 Å². The van der Waals surface area contributed by atoms with E-state index in [0.717, 1.165) is 20.7 Å². The molecule has 2 N–H and O–H groups in total. The van der Waals surface area contributed by atoms with E-state index < -0.39 is 0 Å². The molecule has 1 heterocycles. The lowest BCUT2D eigenvalue weighted by Crippen LogP contribution is -2.29. The summed E-state index contributed by atoms with van der Waals surface area (Å²) in [5.74, 6) is 0.0179. The lowest BCUT2D eigenvalue weighted by molar-refractivity contribution is 0.0992. The Bertz CT molecular complexity index is 761. The smallest absolute Gasteiger partial charge is 0.268 e. The molecule has 1 aromatic heterocycles. The first-order valence-electron chi connectivity index (χ1n) is 6.85. The van der Waals surface area contributed by atoms with E-state index in [9.17, 15) is 4.79 Å². The quantitative estimate of drug-likeness (QED) is 0.738. The first-order valence-corrected chi connectivity index (χ1v) is 7.66. The van der Waals surface area contributed by atoms with Crippen molar-refractivity contribution in [3.05, 3.63) is 59.5 Å². The van der Waals surface area contributed by atoms with Gasteiger partial charge in [-0.15, -0.1) is 11.3 Å². The summed E-state index contributed by atoms with van der Waals surface area (Å²) in [4.78, 5) is 15.3. The molecule has 0 spiro atoms. The summed E-state index contributed by atoms with van der Waals surface area (Å²) < 4.78 is 1.13. The van der Waals surface area contributed by atoms with Gasteiger partial charge >= 0.3 is 0 Å². The zero-order chi connectivity index (χ0) is 14.8. The van der Waals surface area contributed by atoms with Crippen LogP contribution in [0.1, 0.15) is 16.6 Å². The number of carbonyl (C=O) groups excluding carboxylic acids is 1. The van der Waals surface area contributed by atoms with Crippen LogP contribution in [0.4, 0.5) is 11.4 Å². The molecule has 0 unspecified atom stereocenters. The molecular weight excluding hydrogens is 280 g/mol. The van der Waals surface area contributed by atoms with Gasteiger partial charge in [0.15, 0.2) is 0 Å². The molecule has 21 heavy (non-hydrogen) atoms. The minimum Gasteiger partial charge on any atom is -0.399 e. The van der Waals surface area contributed by atoms with Gasteiger partial charge in [-0.05, 0) is 42.6 Å². The van der Waals surface area contributed by atoms with Gasteiger partial charge in [0.05, 0.1) is 4.88 Å². The standard InChI is InChI=1S/C17H16N2OS/c1-2-19(14-8-5-7-13(18)11-14)17(20)16-10-12-6-3-4-9-15(12)21-16/h3-11H,2,18H2,1H3. The molecular formula is C17H16N2OS. The summed E-state index contributed by atoms with van der Waals surface area (Å²) in [7, 11) is 0. The number of nitrogens with zero attached hydrogens (tertiary/aromatic N) is 1. The Morgan fingerprint density at radius 3 is 2.67 bits per heavy atom. The van der Waals surface area contributed by atoms with Crippen LogP contribution < -0.4 is 10.6 Å². The summed E-state index contributed by atoms with van der Waals surface area (Å²) in [6.45, 7) is 2.57. The molecule has 1 amide bonds. The number of fused-ring (bicyclic) bond motifs is 1. The number of rotatable bonds is 3. The highest BCUT2D eigenvalue weighted by Crippen LogP contribution is 2.28. The summed E-state index contributed by atoms with van der Waals surface area (Å²) in [5.41, 5.74) is 7.31. The Balaban J connectivity index is 1.98. The van der Waals surface area contributed by atoms with Crippen molar-refractivity contribution < 1.29 is 4.79 Å². The number of amides is 1. The third-order valence-corrected chi connectivity index (χ3v) is 4.48. The second-order valence-electron chi connectivity index (χ2n) is 4.79. The molecule has 106 valence electrons. The van der Waals surface area contributed by atoms with Crippen molar-refractivity contribution >= 4 is 38.7 Å². The number of hydrogen-bond donors (Lipinski definition) is 1. The van der Waals surface area contributed by atoms with Crippen LogP contribution in [0, 0.1) is 0 Å². The van der Waals surface area contributed by atoms with Crippen molar-refractivity contribution in [3.63, 3.8) is 0 Å². The maximum atomic E-state index is 12.8. The van der Waals surface area contributed by atoms with Crippen LogP contribution >= 0.6 is 11.3 Å². The lowest BCUT2D eigenvalue weighted by atomic mass is 10.2. The van der Waals surface area contributed by atoms with Gasteiger partial charge in [0, 0.05) is 22.6 Å². The van der Waals surface area contributed by atoms with E-state index in [1.54, 1.807) is 4.90 Å². The predicted molar refractivity (Wildman–Crippen MR) is 90.0 cm³/mol. The second-order valence-corrected chi connectivity index (χ2v) is 5.88. The van der Waals surface area contributed by atoms with Gasteiger partial charge in [-0.2, -0.15) is 0 Å². The monoisotopic (exact) mass is 296 g/mol. The van der Waals surface area contributed by atoms with Crippen LogP contribution in [0.3, 0.4) is 0 Å². The Morgan fingerprint density at radius 2 is 1.95 bits per heavy atom. The number of hydrogen-bond acceptors (Lipinski definition) is 3. The first kappa shape index (κ1) is 13.6. The average molecular weight is 296 g/mol. The third-order valence-electron chi connectivity index (χ3n) is 3.38. The summed E-state index contributed by atoms with van der Waals surface area (Å²) in [6.07, 6.45) is 0. The largest absolute Gasteiger partial charge is 0.399 e. The Labute approximate surface area is 127 Å². The van der Waals surface area contributed by atoms with Crippen molar-refractivity contribution in [1.29, 1.82) is 0 Å². The SMILES string of the molecule is CCN(C(=O)c1cc2ccccc2s1)c1cccc(N)c1. The number of benzene rings is 2. The number of anilines is 2. The molecule has 2 aromatic carbocycles. The highest BCUT2D eigenvalue weighted by atomic mass is 32.1. The van der Waals surface area contributed by atoms with Gasteiger partial charge in [0.2, 0.25) is 0 Å². The Hall–Kier alpha value is -2.33. The average Bonchev–Trinajstić information content (AvgIpc) is 2.92. The molecule has 0 aliphatic carbocycles. The second kappa shape index (κ2) is 5.58. The van der Waals surface area contributed by atoms with Crippen LogP contribution in [0.2, 0.25) is 0 Å². The van der Waals surface area contributed by atoms with E-state index in [-0.39, 0.29) is 5.91 Å². The van der Waals surface area contributed by atoms with E-state index >= 15 is 0 Å². The van der Waals surface area contributed by atoms with Gasteiger partial charge < -0.3 is 10.6 Å². The molecule has 0 fully saturated rings. The van der Waals surface area contributed by atoms with Crippen LogP contribution in [0.5, 0.6) is 0 Å². The number of nitrogen functional groups attached to an aromatic ring is 1. The fraction of sp³-hybridized carbons (Fsp3) is 0.118. The number of thiophene rings is 1. The van der Waals surface area contributed by atoms with Gasteiger partial charge in [0.25, 0.3) is 5.91 Å². The highest BCUT2D eigenvalue weighted by Gasteiger charge is 2.18. The molecule has 0 radical (unpaired) electrons. The van der Waals surface area contributed by atoms with E-state index in [1.165, 1.54) is 11.3 Å². The van der Waals surface area contributed by atoms with Crippen molar-refractivity contribution in [2.45, 2.75) is 6.92 Å². The fourth-order valence-electron chi connectivity index (χ4n) is 2.36. The van der Waals surface area contributed by atoms with Crippen molar-refractivity contribution in [3.8, 4) is 0 Å². The Kier molecular flexibility index (Phi) is 3.62. The molecule has 0 bridgehead atoms. The zero-order valence-electron chi connectivity index (χ0n) is 11.7. The van der Waals surface area contributed by atoms with Crippen molar-refractivity contribution in [2.24, 2.45) is 0 Å². The van der Waals surface area contributed by atoms with Crippen molar-refractivity contribution in [2.75, 3.05) is 17.2 Å². The first-order chi connectivity index (χ1) is 10.2. The molecule has 4 heteroatoms. The third kappa shape index (κ3) is 2.62. The van der Waals surface area contributed by atoms with Gasteiger partial charge in [0.1, 0.15) is 0 Å². The van der Waals surface area contributed by atoms with E-state index in [0.29, 0.717) is 12.2 Å². The molecule has 0 aliphatic rings. The summed E-state index contributed by atoms with van der Waals surface area (Å²) in [6, 6.07) is 17.4. The van der Waals surface area contributed by atoms with Gasteiger partial charge in [-0.25, -0.2) is 0 Å². The lowest BCUT2D eigenvalue weighted by Gasteiger charge is -2.20. The van der Waals surface area contributed by atoms with Crippen LogP contribution in [0.15, 0.2) is 54.6 Å². The summed E-state index contributed by atoms with van der Waals surface area (Å²) in [5, 5.41) is 1.11. The zero-order valence-corrected chi connectivity index (χ0v) is 12.6. The topological polar surface area (TPSA) is 46.3 Å². The van der Waals surface area contributed by atoms with Crippen LogP contribution in [-0.4, -0.2) is 12.5 Å². The van der Waals surface area contributed by atoms with Crippen LogP contribution in [-0.2, 0) is 0 Å². The number of carbonyl (C=O) groups is 1. The minimum absolute atomic E-state index is 0.0179. The summed E-state index contributed by atoms with van der Waals surface area (Å²) >= 11 is 1.53. The van der Waals surface area contributed by atoms with E-state index in [4.69, 9.17) is 5.73 Å². The van der Waals surface area contributed by atoms with E-state index in [1.807, 2.05) is 61.5 Å². The molecule has 3 aromatic rings. The fourth-order valence-corrected chi connectivity index (χ4v) is 3.37. The molecule has 3 nitrogen and oxygen atoms in total. The predicted octanol–water partition coefficient (Wildman–Crippen LogP) is 4.15. The highest BCUT2D eigenvalue weighted by molar-refractivity contribution is 7.20. The van der Waals surface area contributed by atoms with Crippen molar-refractivity contribution in [1.82, 2.24) is 0 Å². The molecule has 0 aliphatic heterocycles. The Morgan fingerprint density at radius 1 is 1.14 bits per heavy atom. The normalized spacial score (nSPS) is 10.7. The number of nitrogens with two attached hydrogens (primary N) is 1. The molecule has 3 rings (SSSR count). The van der Waals surface area contributed by atoms with Gasteiger partial charge in [-0.3, -0.25) is 4.79 Å². The van der Waals surface area contributed by atoms with E-state index in [2.05, 4.69) is 0 Å². The molecule has 0 saturated heterocycles. The molecule has 0 atom stereocenters. The minimum atomic E-state index is 0.0179. The maximum absolute atomic E-state index is 12.8. The molecule has 0 saturated carbocycles. The maximum Gasteiger partial charge on any atom is 0.268 e.